The van der Waals surface area contributed by atoms with Gasteiger partial charge in [0, 0.05) is 5.38 Å². The Morgan fingerprint density at radius 2 is 2.47 bits per heavy atom. The summed E-state index contributed by atoms with van der Waals surface area (Å²) in [5.74, 6) is -0.245. The van der Waals surface area contributed by atoms with E-state index in [2.05, 4.69) is 4.98 Å². The molecule has 5 heteroatoms. The predicted octanol–water partition coefficient (Wildman–Crippen LogP) is 1.15. The Hall–Kier alpha value is -0.940. The first kappa shape index (κ1) is 10.6. The number of methoxy groups -OCH3 is 1. The highest BCUT2D eigenvalue weighted by Gasteiger charge is 2.51. The molecular formula is C10H13NO3S. The van der Waals surface area contributed by atoms with E-state index in [0.29, 0.717) is 13.2 Å². The fourth-order valence-corrected chi connectivity index (χ4v) is 2.58. The molecule has 1 aromatic rings. The molecule has 1 aliphatic heterocycles. The van der Waals surface area contributed by atoms with Crippen LogP contribution in [0.5, 0.6) is 0 Å². The van der Waals surface area contributed by atoms with E-state index in [9.17, 15) is 4.79 Å². The number of thiazole rings is 1. The molecule has 1 saturated heterocycles. The summed E-state index contributed by atoms with van der Waals surface area (Å²) in [6.07, 6.45) is 0.884. The van der Waals surface area contributed by atoms with Gasteiger partial charge in [-0.25, -0.2) is 4.98 Å². The van der Waals surface area contributed by atoms with E-state index < -0.39 is 5.41 Å². The average molecular weight is 227 g/mol. The molecule has 0 radical (unpaired) electrons. The smallest absolute Gasteiger partial charge is 0.323 e. The zero-order chi connectivity index (χ0) is 10.9. The van der Waals surface area contributed by atoms with Crippen LogP contribution < -0.4 is 0 Å². The van der Waals surface area contributed by atoms with Crippen molar-refractivity contribution in [3.05, 3.63) is 16.1 Å². The van der Waals surface area contributed by atoms with Crippen molar-refractivity contribution in [3.63, 3.8) is 0 Å². The number of esters is 1. The second kappa shape index (κ2) is 3.90. The molecule has 0 amide bonds. The van der Waals surface area contributed by atoms with E-state index in [0.717, 1.165) is 17.1 Å². The number of carbonyl (C=O) groups is 1. The van der Waals surface area contributed by atoms with Crippen LogP contribution in [-0.4, -0.2) is 31.3 Å². The summed E-state index contributed by atoms with van der Waals surface area (Å²) in [5, 5.41) is 2.80. The molecular weight excluding hydrogens is 214 g/mol. The molecule has 1 fully saturated rings. The number of hydrogen-bond acceptors (Lipinski definition) is 5. The normalized spacial score (nSPS) is 18.3. The standard InChI is InChI=1S/C10H13NO3S/c1-3-7-4-15-8(11-7)10(5-14-6-10)9(12)13-2/h4H,3,5-6H2,1-2H3. The molecule has 0 unspecified atom stereocenters. The van der Waals surface area contributed by atoms with E-state index in [1.807, 2.05) is 12.3 Å². The van der Waals surface area contributed by atoms with Crippen LogP contribution in [0.15, 0.2) is 5.38 Å². The molecule has 0 spiro atoms. The van der Waals surface area contributed by atoms with Gasteiger partial charge >= 0.3 is 5.97 Å². The zero-order valence-electron chi connectivity index (χ0n) is 8.78. The van der Waals surface area contributed by atoms with Gasteiger partial charge in [0.05, 0.1) is 26.0 Å². The largest absolute Gasteiger partial charge is 0.468 e. The van der Waals surface area contributed by atoms with E-state index >= 15 is 0 Å². The van der Waals surface area contributed by atoms with Gasteiger partial charge in [-0.15, -0.1) is 11.3 Å². The lowest BCUT2D eigenvalue weighted by atomic mass is 9.87. The van der Waals surface area contributed by atoms with Crippen molar-refractivity contribution in [2.24, 2.45) is 0 Å². The van der Waals surface area contributed by atoms with Gasteiger partial charge in [-0.1, -0.05) is 6.92 Å². The van der Waals surface area contributed by atoms with E-state index in [1.54, 1.807) is 0 Å². The highest BCUT2D eigenvalue weighted by atomic mass is 32.1. The Balaban J connectivity index is 2.29. The molecule has 0 saturated carbocycles. The lowest BCUT2D eigenvalue weighted by Crippen LogP contribution is -2.53. The third-order valence-electron chi connectivity index (χ3n) is 2.60. The number of hydrogen-bond donors (Lipinski definition) is 0. The van der Waals surface area contributed by atoms with Crippen LogP contribution in [0.2, 0.25) is 0 Å². The van der Waals surface area contributed by atoms with Gasteiger partial charge in [0.1, 0.15) is 5.01 Å². The molecule has 1 aromatic heterocycles. The topological polar surface area (TPSA) is 48.4 Å². The Morgan fingerprint density at radius 1 is 1.73 bits per heavy atom. The zero-order valence-corrected chi connectivity index (χ0v) is 9.60. The Morgan fingerprint density at radius 3 is 2.87 bits per heavy atom. The number of nitrogens with zero attached hydrogens (tertiary/aromatic N) is 1. The van der Waals surface area contributed by atoms with Crippen molar-refractivity contribution in [1.82, 2.24) is 4.98 Å². The van der Waals surface area contributed by atoms with Crippen LogP contribution in [0.1, 0.15) is 17.6 Å². The molecule has 1 aliphatic rings. The van der Waals surface area contributed by atoms with E-state index in [4.69, 9.17) is 9.47 Å². The quantitative estimate of drug-likeness (QED) is 0.727. The maximum atomic E-state index is 11.7. The van der Waals surface area contributed by atoms with Crippen LogP contribution >= 0.6 is 11.3 Å². The summed E-state index contributed by atoms with van der Waals surface area (Å²) in [4.78, 5) is 16.1. The molecule has 82 valence electrons. The summed E-state index contributed by atoms with van der Waals surface area (Å²) in [6.45, 7) is 2.81. The fourth-order valence-electron chi connectivity index (χ4n) is 1.52. The van der Waals surface area contributed by atoms with Crippen molar-refractivity contribution in [1.29, 1.82) is 0 Å². The van der Waals surface area contributed by atoms with Crippen molar-refractivity contribution < 1.29 is 14.3 Å². The van der Waals surface area contributed by atoms with E-state index in [1.165, 1.54) is 18.4 Å². The minimum Gasteiger partial charge on any atom is -0.468 e. The molecule has 0 aromatic carbocycles. The average Bonchev–Trinajstić information content (AvgIpc) is 2.64. The molecule has 2 rings (SSSR count). The number of aryl methyl sites for hydroxylation is 1. The van der Waals surface area contributed by atoms with Gasteiger partial charge in [-0.05, 0) is 6.42 Å². The molecule has 2 heterocycles. The maximum absolute atomic E-state index is 11.7. The minimum atomic E-state index is -0.632. The van der Waals surface area contributed by atoms with Crippen molar-refractivity contribution >= 4 is 17.3 Å². The van der Waals surface area contributed by atoms with Crippen LogP contribution in [-0.2, 0) is 26.1 Å². The molecule has 15 heavy (non-hydrogen) atoms. The Bertz CT molecular complexity index is 370. The fraction of sp³-hybridized carbons (Fsp3) is 0.600. The van der Waals surface area contributed by atoms with Crippen LogP contribution in [0.4, 0.5) is 0 Å². The number of aromatic nitrogens is 1. The van der Waals surface area contributed by atoms with Gasteiger partial charge < -0.3 is 9.47 Å². The number of carbonyl (C=O) groups excluding carboxylic acids is 1. The number of ether oxygens (including phenoxy) is 2. The Kier molecular flexibility index (Phi) is 2.75. The summed E-state index contributed by atoms with van der Waals surface area (Å²) >= 11 is 1.51. The van der Waals surface area contributed by atoms with E-state index in [-0.39, 0.29) is 5.97 Å². The first-order chi connectivity index (χ1) is 7.23. The van der Waals surface area contributed by atoms with Gasteiger partial charge in [-0.3, -0.25) is 4.79 Å². The molecule has 0 bridgehead atoms. The summed E-state index contributed by atoms with van der Waals surface area (Å²) < 4.78 is 9.93. The predicted molar refractivity (Wildman–Crippen MR) is 56.0 cm³/mol. The van der Waals surface area contributed by atoms with Crippen LogP contribution in [0, 0.1) is 0 Å². The maximum Gasteiger partial charge on any atom is 0.323 e. The van der Waals surface area contributed by atoms with Crippen LogP contribution in [0.25, 0.3) is 0 Å². The monoisotopic (exact) mass is 227 g/mol. The lowest BCUT2D eigenvalue weighted by molar-refractivity contribution is -0.166. The van der Waals surface area contributed by atoms with Crippen molar-refractivity contribution in [2.75, 3.05) is 20.3 Å². The lowest BCUT2D eigenvalue weighted by Gasteiger charge is -2.36. The number of rotatable bonds is 3. The SMILES string of the molecule is CCc1csc(C2(C(=O)OC)COC2)n1. The Labute approximate surface area is 92.2 Å². The summed E-state index contributed by atoms with van der Waals surface area (Å²) in [5.41, 5.74) is 0.387. The van der Waals surface area contributed by atoms with Gasteiger partial charge in [0.25, 0.3) is 0 Å². The van der Waals surface area contributed by atoms with Gasteiger partial charge in [0.2, 0.25) is 0 Å². The molecule has 0 N–H and O–H groups in total. The molecule has 4 nitrogen and oxygen atoms in total. The first-order valence-electron chi connectivity index (χ1n) is 4.84. The molecule has 0 atom stereocenters. The van der Waals surface area contributed by atoms with Crippen molar-refractivity contribution in [2.45, 2.75) is 18.8 Å². The molecule has 0 aliphatic carbocycles. The van der Waals surface area contributed by atoms with Gasteiger partial charge in [0.15, 0.2) is 5.41 Å². The summed E-state index contributed by atoms with van der Waals surface area (Å²) in [6, 6.07) is 0. The third kappa shape index (κ3) is 1.55. The summed E-state index contributed by atoms with van der Waals surface area (Å²) in [7, 11) is 1.40. The highest BCUT2D eigenvalue weighted by molar-refractivity contribution is 7.10. The van der Waals surface area contributed by atoms with Gasteiger partial charge in [-0.2, -0.15) is 0 Å². The van der Waals surface area contributed by atoms with Crippen molar-refractivity contribution in [3.8, 4) is 0 Å². The third-order valence-corrected chi connectivity index (χ3v) is 3.69. The minimum absolute atomic E-state index is 0.245. The first-order valence-corrected chi connectivity index (χ1v) is 5.72. The second-order valence-electron chi connectivity index (χ2n) is 3.56. The highest BCUT2D eigenvalue weighted by Crippen LogP contribution is 2.35. The van der Waals surface area contributed by atoms with Crippen LogP contribution in [0.3, 0.4) is 0 Å². The second-order valence-corrected chi connectivity index (χ2v) is 4.42.